The lowest BCUT2D eigenvalue weighted by atomic mass is 10.3. The quantitative estimate of drug-likeness (QED) is 0.375. The largest absolute Gasteiger partial charge is 0.334 e. The van der Waals surface area contributed by atoms with Gasteiger partial charge in [-0.25, -0.2) is 0 Å². The molecule has 0 spiro atoms. The van der Waals surface area contributed by atoms with Crippen molar-refractivity contribution in [2.75, 3.05) is 0 Å². The van der Waals surface area contributed by atoms with Crippen LogP contribution in [-0.2, 0) is 4.79 Å². The molecule has 0 aromatic heterocycles. The van der Waals surface area contributed by atoms with E-state index in [-0.39, 0.29) is 18.3 Å². The molecule has 0 aliphatic carbocycles. The highest BCUT2D eigenvalue weighted by molar-refractivity contribution is 5.92. The van der Waals surface area contributed by atoms with Gasteiger partial charge in [-0.1, -0.05) is 19.2 Å². The summed E-state index contributed by atoms with van der Waals surface area (Å²) < 4.78 is 0. The van der Waals surface area contributed by atoms with Crippen molar-refractivity contribution >= 4 is 18.3 Å². The summed E-state index contributed by atoms with van der Waals surface area (Å²) >= 11 is 0. The fraction of sp³-hybridized carbons (Fsp3) is 0.286. The fourth-order valence-electron chi connectivity index (χ4n) is 0.334. The van der Waals surface area contributed by atoms with Crippen LogP contribution in [0.4, 0.5) is 0 Å². The summed E-state index contributed by atoms with van der Waals surface area (Å²) in [5.41, 5.74) is 5.76. The van der Waals surface area contributed by atoms with Gasteiger partial charge in [0.25, 0.3) is 0 Å². The van der Waals surface area contributed by atoms with Crippen molar-refractivity contribution in [3.63, 3.8) is 0 Å². The Bertz CT molecular complexity index is 168. The predicted octanol–water partition coefficient (Wildman–Crippen LogP) is 0.571. The first kappa shape index (κ1) is 12.8. The number of nitrogens with two attached hydrogens (primary N) is 1. The lowest BCUT2D eigenvalue weighted by Gasteiger charge is -2.07. The van der Waals surface area contributed by atoms with Crippen LogP contribution in [0.25, 0.3) is 0 Å². The molecular formula is C7H13ClN2O. The highest BCUT2D eigenvalue weighted by atomic mass is 35.5. The van der Waals surface area contributed by atoms with Gasteiger partial charge >= 0.3 is 0 Å². The van der Waals surface area contributed by atoms with E-state index in [0.717, 1.165) is 0 Å². The van der Waals surface area contributed by atoms with Gasteiger partial charge in [0.05, 0.1) is 6.17 Å². The molecule has 0 aliphatic heterocycles. The Labute approximate surface area is 72.8 Å². The van der Waals surface area contributed by atoms with E-state index in [9.17, 15) is 4.79 Å². The van der Waals surface area contributed by atoms with Gasteiger partial charge in [0.15, 0.2) is 0 Å². The van der Waals surface area contributed by atoms with Crippen LogP contribution in [0.2, 0.25) is 0 Å². The first-order chi connectivity index (χ1) is 4.57. The monoisotopic (exact) mass is 176 g/mol. The maximum absolute atomic E-state index is 10.8. The van der Waals surface area contributed by atoms with Crippen LogP contribution >= 0.6 is 12.4 Å². The van der Waals surface area contributed by atoms with Crippen molar-refractivity contribution in [1.82, 2.24) is 5.32 Å². The lowest BCUT2D eigenvalue weighted by Crippen LogP contribution is -2.39. The van der Waals surface area contributed by atoms with Crippen LogP contribution in [0.3, 0.4) is 0 Å². The number of hydrogen-bond acceptors (Lipinski definition) is 2. The standard InChI is InChI=1S/C7H12N2O.ClH/c1-4-6(8)9-7(10)5(2)3;/h4,6H,1-2,8H2,3H3,(H,9,10);1H. The van der Waals surface area contributed by atoms with Crippen molar-refractivity contribution < 1.29 is 4.79 Å². The van der Waals surface area contributed by atoms with Crippen LogP contribution in [0, 0.1) is 0 Å². The molecule has 0 rings (SSSR count). The summed E-state index contributed by atoms with van der Waals surface area (Å²) in [6.07, 6.45) is 0.963. The minimum atomic E-state index is -0.482. The Hall–Kier alpha value is -0.800. The van der Waals surface area contributed by atoms with Gasteiger partial charge in [0.2, 0.25) is 5.91 Å². The van der Waals surface area contributed by atoms with Crippen molar-refractivity contribution in [1.29, 1.82) is 0 Å². The summed E-state index contributed by atoms with van der Waals surface area (Å²) in [5.74, 6) is -0.243. The molecule has 0 fully saturated rings. The molecule has 0 heterocycles. The van der Waals surface area contributed by atoms with E-state index in [1.54, 1.807) is 6.92 Å². The second kappa shape index (κ2) is 5.95. The Kier molecular flexibility index (Phi) is 6.94. The van der Waals surface area contributed by atoms with E-state index >= 15 is 0 Å². The maximum Gasteiger partial charge on any atom is 0.247 e. The fourth-order valence-corrected chi connectivity index (χ4v) is 0.334. The molecule has 64 valence electrons. The minimum Gasteiger partial charge on any atom is -0.334 e. The molecule has 0 aromatic carbocycles. The zero-order chi connectivity index (χ0) is 8.15. The summed E-state index contributed by atoms with van der Waals surface area (Å²) in [4.78, 5) is 10.8. The molecule has 11 heavy (non-hydrogen) atoms. The van der Waals surface area contributed by atoms with Gasteiger partial charge in [0, 0.05) is 5.57 Å². The molecule has 3 N–H and O–H groups in total. The normalized spacial score (nSPS) is 10.7. The van der Waals surface area contributed by atoms with Gasteiger partial charge in [-0.15, -0.1) is 12.4 Å². The van der Waals surface area contributed by atoms with Crippen molar-refractivity contribution in [3.8, 4) is 0 Å². The molecule has 0 radical (unpaired) electrons. The second-order valence-electron chi connectivity index (χ2n) is 2.02. The van der Waals surface area contributed by atoms with Gasteiger partial charge in [-0.05, 0) is 6.92 Å². The molecular weight excluding hydrogens is 164 g/mol. The maximum atomic E-state index is 10.8. The Balaban J connectivity index is 0. The molecule has 3 nitrogen and oxygen atoms in total. The number of nitrogens with one attached hydrogen (secondary N) is 1. The predicted molar refractivity (Wildman–Crippen MR) is 48.4 cm³/mol. The van der Waals surface area contributed by atoms with Crippen LogP contribution < -0.4 is 11.1 Å². The molecule has 1 unspecified atom stereocenters. The molecule has 0 aromatic rings. The van der Waals surface area contributed by atoms with E-state index in [4.69, 9.17) is 5.73 Å². The van der Waals surface area contributed by atoms with Crippen LogP contribution in [0.1, 0.15) is 6.92 Å². The van der Waals surface area contributed by atoms with Crippen LogP contribution in [0.15, 0.2) is 24.8 Å². The van der Waals surface area contributed by atoms with Crippen LogP contribution in [0.5, 0.6) is 0 Å². The molecule has 1 amide bonds. The number of halogens is 1. The smallest absolute Gasteiger partial charge is 0.247 e. The zero-order valence-corrected chi connectivity index (χ0v) is 7.28. The third-order valence-corrected chi connectivity index (χ3v) is 0.939. The molecule has 0 saturated carbocycles. The average molecular weight is 177 g/mol. The van der Waals surface area contributed by atoms with E-state index in [1.807, 2.05) is 0 Å². The number of rotatable bonds is 3. The van der Waals surface area contributed by atoms with Gasteiger partial charge in [0.1, 0.15) is 0 Å². The topological polar surface area (TPSA) is 55.1 Å². The molecule has 0 saturated heterocycles. The van der Waals surface area contributed by atoms with Crippen molar-refractivity contribution in [3.05, 3.63) is 24.8 Å². The van der Waals surface area contributed by atoms with E-state index in [0.29, 0.717) is 5.57 Å². The first-order valence-electron chi connectivity index (χ1n) is 2.92. The van der Waals surface area contributed by atoms with Crippen LogP contribution in [-0.4, -0.2) is 12.1 Å². The SMILES string of the molecule is C=CC(N)NC(=O)C(=C)C.Cl. The Morgan fingerprint density at radius 2 is 2.18 bits per heavy atom. The van der Waals surface area contributed by atoms with Gasteiger partial charge < -0.3 is 11.1 Å². The Morgan fingerprint density at radius 1 is 1.73 bits per heavy atom. The van der Waals surface area contributed by atoms with E-state index < -0.39 is 6.17 Å². The third kappa shape index (κ3) is 5.63. The zero-order valence-electron chi connectivity index (χ0n) is 6.46. The van der Waals surface area contributed by atoms with Crippen molar-refractivity contribution in [2.24, 2.45) is 5.73 Å². The van der Waals surface area contributed by atoms with E-state index in [2.05, 4.69) is 18.5 Å². The Morgan fingerprint density at radius 3 is 2.45 bits per heavy atom. The summed E-state index contributed by atoms with van der Waals surface area (Å²) in [5, 5.41) is 2.45. The molecule has 1 atom stereocenters. The highest BCUT2D eigenvalue weighted by Gasteiger charge is 2.02. The number of carbonyl (C=O) groups is 1. The number of carbonyl (C=O) groups excluding carboxylic acids is 1. The summed E-state index contributed by atoms with van der Waals surface area (Å²) in [6.45, 7) is 8.46. The summed E-state index contributed by atoms with van der Waals surface area (Å²) in [7, 11) is 0. The molecule has 0 bridgehead atoms. The van der Waals surface area contributed by atoms with Crippen molar-refractivity contribution in [2.45, 2.75) is 13.1 Å². The first-order valence-corrected chi connectivity index (χ1v) is 2.92. The minimum absolute atomic E-state index is 0. The summed E-state index contributed by atoms with van der Waals surface area (Å²) in [6, 6.07) is 0. The molecule has 0 aliphatic rings. The third-order valence-electron chi connectivity index (χ3n) is 0.939. The molecule has 4 heteroatoms. The number of hydrogen-bond donors (Lipinski definition) is 2. The van der Waals surface area contributed by atoms with Gasteiger partial charge in [-0.3, -0.25) is 4.79 Å². The number of amides is 1. The second-order valence-corrected chi connectivity index (χ2v) is 2.02. The van der Waals surface area contributed by atoms with Gasteiger partial charge in [-0.2, -0.15) is 0 Å². The highest BCUT2D eigenvalue weighted by Crippen LogP contribution is 1.85. The average Bonchev–Trinajstić information content (AvgIpc) is 1.87. The lowest BCUT2D eigenvalue weighted by molar-refractivity contribution is -0.117. The van der Waals surface area contributed by atoms with E-state index in [1.165, 1.54) is 6.08 Å².